The molecule has 1 heteroatoms. The second kappa shape index (κ2) is 5.00. The lowest BCUT2D eigenvalue weighted by Crippen LogP contribution is -2.32. The van der Waals surface area contributed by atoms with Gasteiger partial charge in [0, 0.05) is 6.42 Å². The van der Waals surface area contributed by atoms with Crippen molar-refractivity contribution in [1.82, 2.24) is 0 Å². The molecule has 0 saturated heterocycles. The summed E-state index contributed by atoms with van der Waals surface area (Å²) in [7, 11) is 0. The second-order valence-corrected chi connectivity index (χ2v) is 8.43. The number of allylic oxidation sites excluding steroid dienone is 2. The zero-order valence-corrected chi connectivity index (χ0v) is 13.6. The number of hydrogen-bond acceptors (Lipinski definition) is 1. The standard InChI is InChI=1S/C19H30O/c1-12(2)16-7-8-19(4)11-14-9-15(20)10-17(14)13(3)5-6-18(16)19/h9,12-13,16-18H,5-8,10-11H2,1-4H3/t13-,16+,17+,18-,19+/m1/s1. The fourth-order valence-electron chi connectivity index (χ4n) is 5.56. The SMILES string of the molecule is CC(C)[C@@H]1CC[C@@]2(C)CC3=CC(=O)C[C@H]3[C@H](C)CC[C@H]12. The average Bonchev–Trinajstić information content (AvgIpc) is 2.86. The van der Waals surface area contributed by atoms with Gasteiger partial charge in [0.25, 0.3) is 0 Å². The third kappa shape index (κ3) is 2.27. The number of fused-ring (bicyclic) bond motifs is 2. The van der Waals surface area contributed by atoms with Crippen LogP contribution in [0, 0.1) is 35.0 Å². The third-order valence-corrected chi connectivity index (χ3v) is 6.79. The summed E-state index contributed by atoms with van der Waals surface area (Å²) in [5.74, 6) is 4.25. The van der Waals surface area contributed by atoms with Gasteiger partial charge in [-0.2, -0.15) is 0 Å². The lowest BCUT2D eigenvalue weighted by Gasteiger charge is -2.41. The average molecular weight is 274 g/mol. The number of hydrogen-bond donors (Lipinski definition) is 0. The Morgan fingerprint density at radius 1 is 1.25 bits per heavy atom. The summed E-state index contributed by atoms with van der Waals surface area (Å²) in [4.78, 5) is 11.9. The summed E-state index contributed by atoms with van der Waals surface area (Å²) < 4.78 is 0. The minimum atomic E-state index is 0.386. The molecule has 2 saturated carbocycles. The van der Waals surface area contributed by atoms with E-state index in [-0.39, 0.29) is 0 Å². The first-order valence-electron chi connectivity index (χ1n) is 8.64. The maximum atomic E-state index is 11.9. The molecule has 3 rings (SSSR count). The van der Waals surface area contributed by atoms with E-state index in [0.29, 0.717) is 23.0 Å². The summed E-state index contributed by atoms with van der Waals surface area (Å²) in [6.07, 6.45) is 9.48. The molecule has 0 N–H and O–H groups in total. The fraction of sp³-hybridized carbons (Fsp3) is 0.842. The highest BCUT2D eigenvalue weighted by Crippen LogP contribution is 2.57. The van der Waals surface area contributed by atoms with Crippen LogP contribution in [0.15, 0.2) is 11.6 Å². The van der Waals surface area contributed by atoms with Gasteiger partial charge >= 0.3 is 0 Å². The molecule has 0 radical (unpaired) electrons. The van der Waals surface area contributed by atoms with Crippen molar-refractivity contribution >= 4 is 5.78 Å². The predicted molar refractivity (Wildman–Crippen MR) is 83.4 cm³/mol. The van der Waals surface area contributed by atoms with Gasteiger partial charge in [-0.3, -0.25) is 4.79 Å². The zero-order valence-electron chi connectivity index (χ0n) is 13.6. The van der Waals surface area contributed by atoms with Gasteiger partial charge < -0.3 is 0 Å². The summed E-state index contributed by atoms with van der Waals surface area (Å²) in [6.45, 7) is 9.69. The summed E-state index contributed by atoms with van der Waals surface area (Å²) in [6, 6.07) is 0. The number of carbonyl (C=O) groups is 1. The Bertz CT molecular complexity index is 433. The van der Waals surface area contributed by atoms with Crippen molar-refractivity contribution in [3.8, 4) is 0 Å². The Labute approximate surface area is 124 Å². The van der Waals surface area contributed by atoms with Crippen LogP contribution in [0.5, 0.6) is 0 Å². The molecule has 20 heavy (non-hydrogen) atoms. The summed E-state index contributed by atoms with van der Waals surface area (Å²) in [5, 5.41) is 0. The topological polar surface area (TPSA) is 17.1 Å². The molecule has 0 heterocycles. The van der Waals surface area contributed by atoms with E-state index in [9.17, 15) is 4.79 Å². The number of ketones is 1. The first kappa shape index (κ1) is 14.4. The molecule has 0 unspecified atom stereocenters. The van der Waals surface area contributed by atoms with E-state index in [0.717, 1.165) is 24.2 Å². The van der Waals surface area contributed by atoms with E-state index in [2.05, 4.69) is 27.7 Å². The summed E-state index contributed by atoms with van der Waals surface area (Å²) in [5.41, 5.74) is 1.96. The number of carbonyl (C=O) groups excluding carboxylic acids is 1. The Morgan fingerprint density at radius 2 is 2.00 bits per heavy atom. The Balaban J connectivity index is 1.89. The van der Waals surface area contributed by atoms with Gasteiger partial charge in [0.1, 0.15) is 0 Å². The highest BCUT2D eigenvalue weighted by molar-refractivity contribution is 5.93. The van der Waals surface area contributed by atoms with Gasteiger partial charge in [0.15, 0.2) is 5.78 Å². The molecule has 5 atom stereocenters. The van der Waals surface area contributed by atoms with Crippen LogP contribution in [0.25, 0.3) is 0 Å². The van der Waals surface area contributed by atoms with Gasteiger partial charge in [0.2, 0.25) is 0 Å². The monoisotopic (exact) mass is 274 g/mol. The molecule has 0 spiro atoms. The fourth-order valence-corrected chi connectivity index (χ4v) is 5.56. The minimum Gasteiger partial charge on any atom is -0.295 e. The molecule has 3 aliphatic carbocycles. The molecule has 0 aromatic rings. The molecular weight excluding hydrogens is 244 g/mol. The molecule has 1 nitrogen and oxygen atoms in total. The molecular formula is C19H30O. The molecule has 0 aromatic heterocycles. The maximum Gasteiger partial charge on any atom is 0.156 e. The van der Waals surface area contributed by atoms with Crippen LogP contribution in [0.2, 0.25) is 0 Å². The van der Waals surface area contributed by atoms with E-state index >= 15 is 0 Å². The van der Waals surface area contributed by atoms with Crippen molar-refractivity contribution in [2.45, 2.75) is 66.2 Å². The Kier molecular flexibility index (Phi) is 3.59. The molecule has 0 amide bonds. The van der Waals surface area contributed by atoms with E-state index in [1.165, 1.54) is 37.7 Å². The first-order valence-corrected chi connectivity index (χ1v) is 8.64. The van der Waals surface area contributed by atoms with Gasteiger partial charge in [0.05, 0.1) is 0 Å². The highest BCUT2D eigenvalue weighted by Gasteiger charge is 2.48. The van der Waals surface area contributed by atoms with Crippen molar-refractivity contribution in [1.29, 1.82) is 0 Å². The second-order valence-electron chi connectivity index (χ2n) is 8.43. The molecule has 0 aromatic carbocycles. The third-order valence-electron chi connectivity index (χ3n) is 6.79. The zero-order chi connectivity index (χ0) is 14.5. The van der Waals surface area contributed by atoms with Crippen molar-refractivity contribution in [3.63, 3.8) is 0 Å². The van der Waals surface area contributed by atoms with Crippen molar-refractivity contribution in [2.75, 3.05) is 0 Å². The molecule has 0 aliphatic heterocycles. The van der Waals surface area contributed by atoms with Crippen LogP contribution in [0.4, 0.5) is 0 Å². The van der Waals surface area contributed by atoms with Crippen molar-refractivity contribution < 1.29 is 4.79 Å². The van der Waals surface area contributed by atoms with E-state index < -0.39 is 0 Å². The largest absolute Gasteiger partial charge is 0.295 e. The normalized spacial score (nSPS) is 44.9. The first-order chi connectivity index (χ1) is 9.40. The van der Waals surface area contributed by atoms with E-state index in [1.807, 2.05) is 6.08 Å². The van der Waals surface area contributed by atoms with E-state index in [4.69, 9.17) is 0 Å². The number of rotatable bonds is 1. The Morgan fingerprint density at radius 3 is 2.70 bits per heavy atom. The lowest BCUT2D eigenvalue weighted by atomic mass is 9.64. The van der Waals surface area contributed by atoms with Crippen molar-refractivity contribution in [2.24, 2.45) is 35.0 Å². The molecule has 2 fully saturated rings. The van der Waals surface area contributed by atoms with Crippen LogP contribution in [0.1, 0.15) is 66.2 Å². The van der Waals surface area contributed by atoms with Crippen LogP contribution in [0.3, 0.4) is 0 Å². The highest BCUT2D eigenvalue weighted by atomic mass is 16.1. The smallest absolute Gasteiger partial charge is 0.156 e. The molecule has 0 bridgehead atoms. The van der Waals surface area contributed by atoms with Crippen LogP contribution >= 0.6 is 0 Å². The van der Waals surface area contributed by atoms with Gasteiger partial charge in [-0.25, -0.2) is 0 Å². The minimum absolute atomic E-state index is 0.386. The van der Waals surface area contributed by atoms with Crippen molar-refractivity contribution in [3.05, 3.63) is 11.6 Å². The van der Waals surface area contributed by atoms with Crippen LogP contribution < -0.4 is 0 Å². The quantitative estimate of drug-likeness (QED) is 0.657. The van der Waals surface area contributed by atoms with Gasteiger partial charge in [-0.05, 0) is 73.2 Å². The molecule has 112 valence electrons. The van der Waals surface area contributed by atoms with Crippen LogP contribution in [-0.2, 0) is 4.79 Å². The Hall–Kier alpha value is -0.590. The van der Waals surface area contributed by atoms with Gasteiger partial charge in [-0.15, -0.1) is 0 Å². The lowest BCUT2D eigenvalue weighted by molar-refractivity contribution is -0.114. The van der Waals surface area contributed by atoms with Gasteiger partial charge in [-0.1, -0.05) is 33.3 Å². The molecule has 3 aliphatic rings. The van der Waals surface area contributed by atoms with E-state index in [1.54, 1.807) is 0 Å². The maximum absolute atomic E-state index is 11.9. The predicted octanol–water partition coefficient (Wildman–Crippen LogP) is 5.01. The summed E-state index contributed by atoms with van der Waals surface area (Å²) >= 11 is 0. The van der Waals surface area contributed by atoms with Crippen LogP contribution in [-0.4, -0.2) is 5.78 Å².